The maximum Gasteiger partial charge on any atom is 2.00 e. The Balaban J connectivity index is -0.00000000667. The second kappa shape index (κ2) is 8.82. The van der Waals surface area contributed by atoms with E-state index in [1.54, 1.807) is 0 Å². The van der Waals surface area contributed by atoms with E-state index in [0.29, 0.717) is 0 Å². The first kappa shape index (κ1) is 9.09. The van der Waals surface area contributed by atoms with Gasteiger partial charge in [-0.3, -0.25) is 0 Å². The summed E-state index contributed by atoms with van der Waals surface area (Å²) in [5.74, 6) is 0. The average molecular weight is 182 g/mol. The molecular formula is C2H7IMg. The number of rotatable bonds is 0. The molecule has 0 saturated carbocycles. The Morgan fingerprint density at radius 2 is 2.00 bits per heavy atom. The fourth-order valence-corrected chi connectivity index (χ4v) is 0. The first-order valence-corrected chi connectivity index (χ1v) is 2.50. The number of halogens is 1. The van der Waals surface area contributed by atoms with Crippen molar-refractivity contribution in [1.29, 1.82) is 0 Å². The van der Waals surface area contributed by atoms with Gasteiger partial charge in [-0.15, -0.1) is 0 Å². The molecule has 0 unspecified atom stereocenters. The first-order chi connectivity index (χ1) is 1.41. The van der Waals surface area contributed by atoms with Crippen LogP contribution in [0, 0.1) is 0 Å². The SMILES string of the molecule is CCI.[H-].[H-].[Mg+2]. The van der Waals surface area contributed by atoms with E-state index < -0.39 is 0 Å². The van der Waals surface area contributed by atoms with Crippen LogP contribution in [0.4, 0.5) is 0 Å². The third kappa shape index (κ3) is 9.73. The van der Waals surface area contributed by atoms with Crippen LogP contribution in [-0.2, 0) is 0 Å². The molecule has 0 rings (SSSR count). The van der Waals surface area contributed by atoms with Crippen LogP contribution in [-0.4, -0.2) is 27.5 Å². The van der Waals surface area contributed by atoms with Crippen LogP contribution in [0.5, 0.6) is 0 Å². The Kier molecular flexibility index (Phi) is 20.0. The first-order valence-electron chi connectivity index (χ1n) is 0.974. The van der Waals surface area contributed by atoms with Crippen molar-refractivity contribution in [2.24, 2.45) is 0 Å². The third-order valence-corrected chi connectivity index (χ3v) is 0. The van der Waals surface area contributed by atoms with Crippen molar-refractivity contribution in [2.45, 2.75) is 6.92 Å². The van der Waals surface area contributed by atoms with Crippen LogP contribution >= 0.6 is 22.6 Å². The van der Waals surface area contributed by atoms with Gasteiger partial charge in [0.2, 0.25) is 0 Å². The molecule has 0 nitrogen and oxygen atoms in total. The number of hydrogen-bond donors (Lipinski definition) is 0. The van der Waals surface area contributed by atoms with Crippen LogP contribution < -0.4 is 0 Å². The van der Waals surface area contributed by atoms with E-state index in [1.807, 2.05) is 0 Å². The molecule has 0 aromatic heterocycles. The topological polar surface area (TPSA) is 0 Å². The Morgan fingerprint density at radius 1 is 2.00 bits per heavy atom. The molecule has 0 N–H and O–H groups in total. The van der Waals surface area contributed by atoms with Gasteiger partial charge in [0.05, 0.1) is 0 Å². The Labute approximate surface area is 59.6 Å². The van der Waals surface area contributed by atoms with Gasteiger partial charge in [0.25, 0.3) is 0 Å². The van der Waals surface area contributed by atoms with E-state index in [1.165, 1.54) is 4.43 Å². The largest absolute Gasteiger partial charge is 2.00 e. The average Bonchev–Trinajstić information content (AvgIpc) is 0.918. The Morgan fingerprint density at radius 3 is 2.00 bits per heavy atom. The van der Waals surface area contributed by atoms with Crippen molar-refractivity contribution < 1.29 is 2.85 Å². The van der Waals surface area contributed by atoms with E-state index in [4.69, 9.17) is 0 Å². The van der Waals surface area contributed by atoms with Gasteiger partial charge in [-0.25, -0.2) is 0 Å². The van der Waals surface area contributed by atoms with Crippen molar-refractivity contribution in [3.63, 3.8) is 0 Å². The summed E-state index contributed by atoms with van der Waals surface area (Å²) in [4.78, 5) is 0. The minimum Gasteiger partial charge on any atom is -1.00 e. The molecule has 0 atom stereocenters. The summed E-state index contributed by atoms with van der Waals surface area (Å²) in [6.45, 7) is 2.11. The van der Waals surface area contributed by atoms with Crippen LogP contribution in [0.25, 0.3) is 0 Å². The molecular weight excluding hydrogens is 175 g/mol. The monoisotopic (exact) mass is 182 g/mol. The summed E-state index contributed by atoms with van der Waals surface area (Å²) in [7, 11) is 0. The predicted molar refractivity (Wildman–Crippen MR) is 32.5 cm³/mol. The molecule has 0 fully saturated rings. The van der Waals surface area contributed by atoms with Gasteiger partial charge < -0.3 is 2.85 Å². The Hall–Kier alpha value is 1.50. The van der Waals surface area contributed by atoms with E-state index in [2.05, 4.69) is 29.5 Å². The van der Waals surface area contributed by atoms with Gasteiger partial charge in [-0.1, -0.05) is 29.5 Å². The minimum absolute atomic E-state index is 0. The van der Waals surface area contributed by atoms with Crippen molar-refractivity contribution in [1.82, 2.24) is 0 Å². The van der Waals surface area contributed by atoms with Crippen molar-refractivity contribution in [2.75, 3.05) is 4.43 Å². The maximum absolute atomic E-state index is 2.29. The Bertz CT molecular complexity index is 11.5. The van der Waals surface area contributed by atoms with Crippen LogP contribution in [0.2, 0.25) is 0 Å². The van der Waals surface area contributed by atoms with Crippen molar-refractivity contribution in [3.8, 4) is 0 Å². The summed E-state index contributed by atoms with van der Waals surface area (Å²) in [6.07, 6.45) is 0. The molecule has 0 spiro atoms. The quantitative estimate of drug-likeness (QED) is 0.301. The number of alkyl halides is 1. The molecule has 0 saturated heterocycles. The minimum atomic E-state index is 0. The van der Waals surface area contributed by atoms with Crippen LogP contribution in [0.15, 0.2) is 0 Å². The standard InChI is InChI=1S/C2H5I.Mg.2H/c1-2-3;;;/h2H2,1H3;;;/q;+2;2*-1. The molecule has 0 amide bonds. The maximum atomic E-state index is 2.29. The summed E-state index contributed by atoms with van der Waals surface area (Å²) in [5, 5.41) is 0. The zero-order valence-corrected chi connectivity index (χ0v) is 6.36. The van der Waals surface area contributed by atoms with Gasteiger partial charge in [-0.05, 0) is 4.43 Å². The summed E-state index contributed by atoms with van der Waals surface area (Å²) < 4.78 is 1.22. The molecule has 24 valence electrons. The molecule has 0 aliphatic heterocycles. The van der Waals surface area contributed by atoms with Gasteiger partial charge in [0.15, 0.2) is 0 Å². The molecule has 2 heteroatoms. The van der Waals surface area contributed by atoms with Gasteiger partial charge in [0.1, 0.15) is 0 Å². The van der Waals surface area contributed by atoms with Gasteiger partial charge in [-0.2, -0.15) is 0 Å². The predicted octanol–water partition coefficient (Wildman–Crippen LogP) is 1.29. The molecule has 0 aliphatic carbocycles. The zero-order chi connectivity index (χ0) is 2.71. The van der Waals surface area contributed by atoms with E-state index in [-0.39, 0.29) is 25.9 Å². The molecule has 0 radical (unpaired) electrons. The fourth-order valence-electron chi connectivity index (χ4n) is 0. The van der Waals surface area contributed by atoms with E-state index in [9.17, 15) is 0 Å². The van der Waals surface area contributed by atoms with E-state index >= 15 is 0 Å². The fraction of sp³-hybridized carbons (Fsp3) is 1.00. The summed E-state index contributed by atoms with van der Waals surface area (Å²) in [6, 6.07) is 0. The van der Waals surface area contributed by atoms with E-state index in [0.717, 1.165) is 0 Å². The molecule has 4 heavy (non-hydrogen) atoms. The third-order valence-electron chi connectivity index (χ3n) is 0. The van der Waals surface area contributed by atoms with Gasteiger partial charge >= 0.3 is 23.1 Å². The second-order valence-electron chi connectivity index (χ2n) is 0.267. The van der Waals surface area contributed by atoms with Crippen LogP contribution in [0.3, 0.4) is 0 Å². The normalized spacial score (nSPS) is 4.50. The summed E-state index contributed by atoms with van der Waals surface area (Å²) >= 11 is 2.29. The number of hydrogen-bond acceptors (Lipinski definition) is 0. The molecule has 0 bridgehead atoms. The molecule has 0 aliphatic rings. The summed E-state index contributed by atoms with van der Waals surface area (Å²) in [5.41, 5.74) is 0. The van der Waals surface area contributed by atoms with Crippen LogP contribution in [0.1, 0.15) is 9.78 Å². The smallest absolute Gasteiger partial charge is 1.00 e. The van der Waals surface area contributed by atoms with Crippen molar-refractivity contribution >= 4 is 45.6 Å². The molecule has 0 aromatic rings. The molecule has 0 aromatic carbocycles. The molecule has 0 heterocycles. The van der Waals surface area contributed by atoms with Gasteiger partial charge in [0, 0.05) is 0 Å². The second-order valence-corrected chi connectivity index (χ2v) is 1.79. The van der Waals surface area contributed by atoms with Crippen molar-refractivity contribution in [3.05, 3.63) is 0 Å². The zero-order valence-electron chi connectivity index (χ0n) is 4.79.